The molecule has 1 amide bonds. The van der Waals surface area contributed by atoms with Gasteiger partial charge in [0.15, 0.2) is 0 Å². The number of hydrogen-bond acceptors (Lipinski definition) is 3. The van der Waals surface area contributed by atoms with Gasteiger partial charge in [-0.05, 0) is 57.2 Å². The molecular weight excluding hydrogens is 278 g/mol. The van der Waals surface area contributed by atoms with Crippen LogP contribution in [0.2, 0.25) is 0 Å². The number of amides is 1. The van der Waals surface area contributed by atoms with Crippen molar-refractivity contribution < 1.29 is 9.53 Å². The fraction of sp³-hybridized carbons (Fsp3) is 0.529. The average Bonchev–Trinajstić information content (AvgIpc) is 2.93. The number of pyridine rings is 1. The van der Waals surface area contributed by atoms with Crippen LogP contribution in [0.3, 0.4) is 0 Å². The Balaban J connectivity index is 1.62. The highest BCUT2D eigenvalue weighted by atomic mass is 16.6. The summed E-state index contributed by atoms with van der Waals surface area (Å²) in [5, 5.41) is 4.29. The summed E-state index contributed by atoms with van der Waals surface area (Å²) in [5.74, 6) is 0.479. The molecule has 2 aromatic rings. The summed E-state index contributed by atoms with van der Waals surface area (Å²) in [6.07, 6.45) is 5.64. The first-order valence-corrected chi connectivity index (χ1v) is 7.83. The molecule has 5 nitrogen and oxygen atoms in total. The van der Waals surface area contributed by atoms with Crippen LogP contribution in [-0.4, -0.2) is 39.3 Å². The summed E-state index contributed by atoms with van der Waals surface area (Å²) >= 11 is 0. The first kappa shape index (κ1) is 14.9. The highest BCUT2D eigenvalue weighted by molar-refractivity contribution is 5.68. The van der Waals surface area contributed by atoms with Gasteiger partial charge in [-0.15, -0.1) is 0 Å². The second kappa shape index (κ2) is 5.63. The van der Waals surface area contributed by atoms with Crippen LogP contribution in [0.4, 0.5) is 4.79 Å². The summed E-state index contributed by atoms with van der Waals surface area (Å²) < 4.78 is 7.35. The highest BCUT2D eigenvalue weighted by Crippen LogP contribution is 2.28. The molecule has 3 rings (SSSR count). The van der Waals surface area contributed by atoms with Gasteiger partial charge in [0.25, 0.3) is 0 Å². The number of hydrogen-bond donors (Lipinski definition) is 0. The van der Waals surface area contributed by atoms with E-state index in [2.05, 4.69) is 23.4 Å². The van der Waals surface area contributed by atoms with Crippen molar-refractivity contribution >= 4 is 11.6 Å². The summed E-state index contributed by atoms with van der Waals surface area (Å²) in [6.45, 7) is 7.19. The van der Waals surface area contributed by atoms with Crippen LogP contribution in [0.1, 0.15) is 45.1 Å². The zero-order chi connectivity index (χ0) is 15.7. The molecule has 1 aliphatic heterocycles. The number of ether oxygens (including phenoxy) is 1. The second-order valence-corrected chi connectivity index (χ2v) is 6.90. The lowest BCUT2D eigenvalue weighted by molar-refractivity contribution is 0.0205. The summed E-state index contributed by atoms with van der Waals surface area (Å²) in [4.78, 5) is 13.9. The molecule has 3 heterocycles. The van der Waals surface area contributed by atoms with Gasteiger partial charge < -0.3 is 9.64 Å². The highest BCUT2D eigenvalue weighted by Gasteiger charge is 2.27. The fourth-order valence-corrected chi connectivity index (χ4v) is 2.89. The molecule has 0 aliphatic carbocycles. The van der Waals surface area contributed by atoms with Crippen LogP contribution in [0.15, 0.2) is 30.6 Å². The molecule has 1 aliphatic rings. The van der Waals surface area contributed by atoms with Crippen LogP contribution >= 0.6 is 0 Å². The van der Waals surface area contributed by atoms with Crippen LogP contribution in [0.5, 0.6) is 0 Å². The van der Waals surface area contributed by atoms with Crippen LogP contribution in [0, 0.1) is 0 Å². The van der Waals surface area contributed by atoms with Crippen molar-refractivity contribution in [1.82, 2.24) is 14.5 Å². The van der Waals surface area contributed by atoms with E-state index in [1.165, 1.54) is 5.56 Å². The predicted octanol–water partition coefficient (Wildman–Crippen LogP) is 3.45. The van der Waals surface area contributed by atoms with Gasteiger partial charge in [0.1, 0.15) is 5.60 Å². The molecule has 0 spiro atoms. The van der Waals surface area contributed by atoms with Crippen molar-refractivity contribution in [3.05, 3.63) is 36.2 Å². The van der Waals surface area contributed by atoms with Crippen molar-refractivity contribution in [1.29, 1.82) is 0 Å². The number of piperidine rings is 1. The third-order valence-electron chi connectivity index (χ3n) is 4.04. The standard InChI is InChI=1S/C17H23N3O2/c1-17(2,3)22-16(21)19-10-7-13(8-11-19)14-4-5-15-6-9-18-20(15)12-14/h4-6,9,12-13H,7-8,10-11H2,1-3H3. The normalized spacial score (nSPS) is 17.0. The fourth-order valence-electron chi connectivity index (χ4n) is 2.89. The van der Waals surface area contributed by atoms with E-state index in [1.54, 1.807) is 0 Å². The van der Waals surface area contributed by atoms with Crippen LogP contribution in [-0.2, 0) is 4.74 Å². The molecule has 0 atom stereocenters. The number of fused-ring (bicyclic) bond motifs is 1. The number of likely N-dealkylation sites (tertiary alicyclic amines) is 1. The van der Waals surface area contributed by atoms with E-state index in [1.807, 2.05) is 42.4 Å². The smallest absolute Gasteiger partial charge is 0.410 e. The van der Waals surface area contributed by atoms with Crippen molar-refractivity contribution in [3.8, 4) is 0 Å². The molecule has 2 aromatic heterocycles. The van der Waals surface area contributed by atoms with E-state index in [0.29, 0.717) is 5.92 Å². The van der Waals surface area contributed by atoms with E-state index in [0.717, 1.165) is 31.4 Å². The predicted molar refractivity (Wildman–Crippen MR) is 85.0 cm³/mol. The molecule has 0 N–H and O–H groups in total. The van der Waals surface area contributed by atoms with Crippen molar-refractivity contribution in [3.63, 3.8) is 0 Å². The largest absolute Gasteiger partial charge is 0.444 e. The molecule has 0 aromatic carbocycles. The van der Waals surface area contributed by atoms with Crippen LogP contribution in [0.25, 0.3) is 5.52 Å². The molecule has 0 radical (unpaired) electrons. The van der Waals surface area contributed by atoms with Gasteiger partial charge in [-0.3, -0.25) is 0 Å². The van der Waals surface area contributed by atoms with E-state index < -0.39 is 5.60 Å². The molecule has 22 heavy (non-hydrogen) atoms. The second-order valence-electron chi connectivity index (χ2n) is 6.90. The summed E-state index contributed by atoms with van der Waals surface area (Å²) in [6, 6.07) is 6.27. The lowest BCUT2D eigenvalue weighted by Gasteiger charge is -2.33. The molecule has 0 unspecified atom stereocenters. The first-order valence-electron chi connectivity index (χ1n) is 7.83. The zero-order valence-electron chi connectivity index (χ0n) is 13.5. The summed E-state index contributed by atoms with van der Waals surface area (Å²) in [5.41, 5.74) is 1.97. The van der Waals surface area contributed by atoms with Crippen molar-refractivity contribution in [2.24, 2.45) is 0 Å². The van der Waals surface area contributed by atoms with Gasteiger partial charge in [-0.2, -0.15) is 5.10 Å². The minimum Gasteiger partial charge on any atom is -0.444 e. The minimum absolute atomic E-state index is 0.200. The Morgan fingerprint density at radius 1 is 1.23 bits per heavy atom. The Morgan fingerprint density at radius 2 is 1.95 bits per heavy atom. The molecule has 1 fully saturated rings. The lowest BCUT2D eigenvalue weighted by atomic mass is 9.90. The molecule has 0 saturated carbocycles. The number of nitrogens with zero attached hydrogens (tertiary/aromatic N) is 3. The van der Waals surface area contributed by atoms with Crippen molar-refractivity contribution in [2.45, 2.75) is 45.1 Å². The summed E-state index contributed by atoms with van der Waals surface area (Å²) in [7, 11) is 0. The number of aromatic nitrogens is 2. The number of carbonyl (C=O) groups is 1. The first-order chi connectivity index (χ1) is 10.4. The van der Waals surface area contributed by atoms with Gasteiger partial charge in [0, 0.05) is 25.5 Å². The van der Waals surface area contributed by atoms with E-state index in [9.17, 15) is 4.79 Å². The average molecular weight is 301 g/mol. The van der Waals surface area contributed by atoms with Crippen LogP contribution < -0.4 is 0 Å². The number of carbonyl (C=O) groups excluding carboxylic acids is 1. The van der Waals surface area contributed by atoms with E-state index >= 15 is 0 Å². The SMILES string of the molecule is CC(C)(C)OC(=O)N1CCC(c2ccc3ccnn3c2)CC1. The Morgan fingerprint density at radius 3 is 2.64 bits per heavy atom. The lowest BCUT2D eigenvalue weighted by Crippen LogP contribution is -2.41. The zero-order valence-corrected chi connectivity index (χ0v) is 13.5. The van der Waals surface area contributed by atoms with Gasteiger partial charge in [-0.25, -0.2) is 9.31 Å². The third kappa shape index (κ3) is 3.24. The Hall–Kier alpha value is -2.04. The molecular formula is C17H23N3O2. The Kier molecular flexibility index (Phi) is 3.81. The monoisotopic (exact) mass is 301 g/mol. The topological polar surface area (TPSA) is 46.8 Å². The molecule has 0 bridgehead atoms. The van der Waals surface area contributed by atoms with E-state index in [4.69, 9.17) is 4.74 Å². The van der Waals surface area contributed by atoms with Gasteiger partial charge in [0.2, 0.25) is 0 Å². The van der Waals surface area contributed by atoms with Gasteiger partial charge in [-0.1, -0.05) is 6.07 Å². The minimum atomic E-state index is -0.431. The van der Waals surface area contributed by atoms with E-state index in [-0.39, 0.29) is 6.09 Å². The maximum absolute atomic E-state index is 12.1. The Labute approximate surface area is 130 Å². The van der Waals surface area contributed by atoms with Gasteiger partial charge >= 0.3 is 6.09 Å². The van der Waals surface area contributed by atoms with Gasteiger partial charge in [0.05, 0.1) is 5.52 Å². The number of rotatable bonds is 1. The molecule has 118 valence electrons. The maximum atomic E-state index is 12.1. The third-order valence-corrected chi connectivity index (χ3v) is 4.04. The Bertz CT molecular complexity index is 664. The quantitative estimate of drug-likeness (QED) is 0.810. The molecule has 5 heteroatoms. The maximum Gasteiger partial charge on any atom is 0.410 e. The van der Waals surface area contributed by atoms with Crippen molar-refractivity contribution in [2.75, 3.05) is 13.1 Å². The molecule has 1 saturated heterocycles.